The highest BCUT2D eigenvalue weighted by Gasteiger charge is 2.15. The van der Waals surface area contributed by atoms with Crippen LogP contribution >= 0.6 is 0 Å². The van der Waals surface area contributed by atoms with E-state index in [-0.39, 0.29) is 23.8 Å². The van der Waals surface area contributed by atoms with Gasteiger partial charge in [-0.3, -0.25) is 4.79 Å². The number of hydrogen-bond acceptors (Lipinski definition) is 2. The minimum atomic E-state index is -0.344. The van der Waals surface area contributed by atoms with Crippen LogP contribution in [0.1, 0.15) is 36.7 Å². The van der Waals surface area contributed by atoms with Crippen molar-refractivity contribution < 1.29 is 13.9 Å². The molecule has 16 heavy (non-hydrogen) atoms. The molecule has 0 spiro atoms. The number of benzene rings is 1. The Kier molecular flexibility index (Phi) is 3.81. The first-order valence-electron chi connectivity index (χ1n) is 5.23. The molecule has 3 heteroatoms. The second-order valence-corrected chi connectivity index (χ2v) is 4.78. The van der Waals surface area contributed by atoms with Crippen molar-refractivity contribution in [2.24, 2.45) is 0 Å². The summed E-state index contributed by atoms with van der Waals surface area (Å²) in [6.45, 7) is 7.40. The van der Waals surface area contributed by atoms with Crippen LogP contribution in [0.2, 0.25) is 0 Å². The summed E-state index contributed by atoms with van der Waals surface area (Å²) in [6, 6.07) is 4.14. The summed E-state index contributed by atoms with van der Waals surface area (Å²) in [7, 11) is 0. The second kappa shape index (κ2) is 4.74. The Morgan fingerprint density at radius 1 is 1.38 bits per heavy atom. The molecule has 1 rings (SSSR count). The quantitative estimate of drug-likeness (QED) is 0.737. The largest absolute Gasteiger partial charge is 0.368 e. The van der Waals surface area contributed by atoms with Gasteiger partial charge in [-0.05, 0) is 51.5 Å². The van der Waals surface area contributed by atoms with Crippen molar-refractivity contribution in [1.29, 1.82) is 0 Å². The number of halogens is 1. The van der Waals surface area contributed by atoms with Gasteiger partial charge in [0.1, 0.15) is 12.4 Å². The van der Waals surface area contributed by atoms with E-state index >= 15 is 0 Å². The topological polar surface area (TPSA) is 26.3 Å². The predicted molar refractivity (Wildman–Crippen MR) is 61.2 cm³/mol. The fourth-order valence-corrected chi connectivity index (χ4v) is 1.30. The smallest absolute Gasteiger partial charge is 0.188 e. The Bertz CT molecular complexity index is 391. The van der Waals surface area contributed by atoms with Crippen LogP contribution in [0.4, 0.5) is 4.39 Å². The Morgan fingerprint density at radius 2 is 2.00 bits per heavy atom. The molecular weight excluding hydrogens is 207 g/mol. The number of Topliss-reactive ketones (excluding diaryl/α,β-unsaturated/α-hetero) is 1. The molecule has 2 nitrogen and oxygen atoms in total. The third kappa shape index (κ3) is 3.74. The van der Waals surface area contributed by atoms with Crippen molar-refractivity contribution >= 4 is 5.78 Å². The summed E-state index contributed by atoms with van der Waals surface area (Å²) in [5.74, 6) is -0.446. The lowest BCUT2D eigenvalue weighted by atomic mass is 10.0. The lowest BCUT2D eigenvalue weighted by Crippen LogP contribution is -2.24. The molecule has 0 saturated heterocycles. The molecule has 1 aromatic rings. The molecule has 1 aromatic carbocycles. The van der Waals surface area contributed by atoms with E-state index in [9.17, 15) is 9.18 Å². The van der Waals surface area contributed by atoms with E-state index in [1.807, 2.05) is 20.8 Å². The highest BCUT2D eigenvalue weighted by molar-refractivity contribution is 5.98. The summed E-state index contributed by atoms with van der Waals surface area (Å²) < 4.78 is 18.2. The molecule has 0 bridgehead atoms. The monoisotopic (exact) mass is 224 g/mol. The van der Waals surface area contributed by atoms with Crippen molar-refractivity contribution in [3.05, 3.63) is 35.1 Å². The molecule has 0 aromatic heterocycles. The number of hydrogen-bond donors (Lipinski definition) is 0. The van der Waals surface area contributed by atoms with E-state index in [1.54, 1.807) is 6.92 Å². The number of ketones is 1. The molecule has 0 unspecified atom stereocenters. The third-order valence-corrected chi connectivity index (χ3v) is 2.13. The van der Waals surface area contributed by atoms with Crippen molar-refractivity contribution in [2.75, 3.05) is 6.61 Å². The average Bonchev–Trinajstić information content (AvgIpc) is 2.13. The van der Waals surface area contributed by atoms with Crippen molar-refractivity contribution in [3.63, 3.8) is 0 Å². The zero-order valence-corrected chi connectivity index (χ0v) is 10.1. The van der Waals surface area contributed by atoms with Gasteiger partial charge >= 0.3 is 0 Å². The number of aryl methyl sites for hydroxylation is 1. The summed E-state index contributed by atoms with van der Waals surface area (Å²) in [4.78, 5) is 11.8. The Morgan fingerprint density at radius 3 is 2.50 bits per heavy atom. The van der Waals surface area contributed by atoms with Gasteiger partial charge in [-0.15, -0.1) is 0 Å². The second-order valence-electron chi connectivity index (χ2n) is 4.78. The minimum absolute atomic E-state index is 0.0238. The van der Waals surface area contributed by atoms with Gasteiger partial charge in [0.05, 0.1) is 5.60 Å². The van der Waals surface area contributed by atoms with E-state index in [1.165, 1.54) is 18.2 Å². The minimum Gasteiger partial charge on any atom is -0.368 e. The van der Waals surface area contributed by atoms with Gasteiger partial charge in [-0.2, -0.15) is 0 Å². The lowest BCUT2D eigenvalue weighted by molar-refractivity contribution is 0.00303. The summed E-state index contributed by atoms with van der Waals surface area (Å²) in [5, 5.41) is 0. The van der Waals surface area contributed by atoms with Crippen LogP contribution in [0.15, 0.2) is 18.2 Å². The maximum absolute atomic E-state index is 12.8. The molecule has 0 fully saturated rings. The molecule has 0 aliphatic carbocycles. The molecule has 88 valence electrons. The maximum Gasteiger partial charge on any atom is 0.188 e. The molecule has 0 amide bonds. The number of carbonyl (C=O) groups is 1. The van der Waals surface area contributed by atoms with Crippen LogP contribution in [0, 0.1) is 12.7 Å². The molecule has 0 heterocycles. The third-order valence-electron chi connectivity index (χ3n) is 2.13. The maximum atomic E-state index is 12.8. The zero-order valence-electron chi connectivity index (χ0n) is 10.1. The highest BCUT2D eigenvalue weighted by atomic mass is 19.1. The van der Waals surface area contributed by atoms with Crippen LogP contribution in [-0.2, 0) is 4.74 Å². The molecular formula is C13H17FO2. The van der Waals surface area contributed by atoms with Gasteiger partial charge in [0.2, 0.25) is 0 Å². The first-order valence-corrected chi connectivity index (χ1v) is 5.23. The number of rotatable bonds is 3. The normalized spacial score (nSPS) is 11.6. The summed E-state index contributed by atoms with van der Waals surface area (Å²) in [5.41, 5.74) is 0.817. The molecule has 0 N–H and O–H groups in total. The molecule has 0 aliphatic heterocycles. The van der Waals surface area contributed by atoms with Gasteiger partial charge in [0.25, 0.3) is 0 Å². The molecule has 0 radical (unpaired) electrons. The van der Waals surface area contributed by atoms with Gasteiger partial charge in [0.15, 0.2) is 5.78 Å². The van der Waals surface area contributed by atoms with Gasteiger partial charge in [-0.1, -0.05) is 0 Å². The highest BCUT2D eigenvalue weighted by Crippen LogP contribution is 2.13. The van der Waals surface area contributed by atoms with E-state index in [4.69, 9.17) is 4.74 Å². The van der Waals surface area contributed by atoms with Crippen LogP contribution in [0.3, 0.4) is 0 Å². The summed E-state index contributed by atoms with van der Waals surface area (Å²) in [6.07, 6.45) is 0. The SMILES string of the molecule is Cc1cc(F)ccc1C(=O)COC(C)(C)C. The van der Waals surface area contributed by atoms with E-state index in [0.717, 1.165) is 0 Å². The van der Waals surface area contributed by atoms with Gasteiger partial charge in [0, 0.05) is 5.56 Å². The molecule has 0 atom stereocenters. The Balaban J connectivity index is 2.74. The Labute approximate surface area is 95.4 Å². The molecule has 0 aliphatic rings. The van der Waals surface area contributed by atoms with Crippen molar-refractivity contribution in [1.82, 2.24) is 0 Å². The van der Waals surface area contributed by atoms with Crippen LogP contribution < -0.4 is 0 Å². The predicted octanol–water partition coefficient (Wildman–Crippen LogP) is 3.13. The lowest BCUT2D eigenvalue weighted by Gasteiger charge is -2.19. The van der Waals surface area contributed by atoms with Gasteiger partial charge < -0.3 is 4.74 Å². The van der Waals surface area contributed by atoms with E-state index in [2.05, 4.69) is 0 Å². The van der Waals surface area contributed by atoms with Crippen molar-refractivity contribution in [3.8, 4) is 0 Å². The number of carbonyl (C=O) groups excluding carboxylic acids is 1. The van der Waals surface area contributed by atoms with Crippen LogP contribution in [-0.4, -0.2) is 18.0 Å². The van der Waals surface area contributed by atoms with E-state index < -0.39 is 0 Å². The average molecular weight is 224 g/mol. The van der Waals surface area contributed by atoms with Crippen LogP contribution in [0.25, 0.3) is 0 Å². The fraction of sp³-hybridized carbons (Fsp3) is 0.462. The molecule has 0 saturated carbocycles. The standard InChI is InChI=1S/C13H17FO2/c1-9-7-10(14)5-6-11(9)12(15)8-16-13(2,3)4/h5-7H,8H2,1-4H3. The summed E-state index contributed by atoms with van der Waals surface area (Å²) >= 11 is 0. The fourth-order valence-electron chi connectivity index (χ4n) is 1.30. The van der Waals surface area contributed by atoms with E-state index in [0.29, 0.717) is 11.1 Å². The first-order chi connectivity index (χ1) is 7.29. The zero-order chi connectivity index (χ0) is 12.3. The Hall–Kier alpha value is -1.22. The van der Waals surface area contributed by atoms with Crippen LogP contribution in [0.5, 0.6) is 0 Å². The number of ether oxygens (including phenoxy) is 1. The first kappa shape index (κ1) is 12.8. The van der Waals surface area contributed by atoms with Crippen molar-refractivity contribution in [2.45, 2.75) is 33.3 Å². The van der Waals surface area contributed by atoms with Gasteiger partial charge in [-0.25, -0.2) is 4.39 Å².